The molecule has 1 N–H and O–H groups in total. The van der Waals surface area contributed by atoms with Crippen LogP contribution in [0.2, 0.25) is 0 Å². The van der Waals surface area contributed by atoms with Crippen molar-refractivity contribution in [3.05, 3.63) is 48.0 Å². The number of aromatic nitrogens is 1. The molecule has 0 radical (unpaired) electrons. The van der Waals surface area contributed by atoms with Crippen LogP contribution >= 0.6 is 0 Å². The molecule has 0 atom stereocenters. The molecular weight excluding hydrogens is 422 g/mol. The average Bonchev–Trinajstić information content (AvgIpc) is 3.43. The highest BCUT2D eigenvalue weighted by Gasteiger charge is 2.29. The number of piperazine rings is 1. The Balaban J connectivity index is 1.34. The molecule has 0 saturated carbocycles. The predicted molar refractivity (Wildman–Crippen MR) is 124 cm³/mol. The van der Waals surface area contributed by atoms with Crippen LogP contribution in [0.4, 0.5) is 4.79 Å². The van der Waals surface area contributed by atoms with Gasteiger partial charge in [0.15, 0.2) is 11.5 Å². The first-order valence-corrected chi connectivity index (χ1v) is 11.1. The van der Waals surface area contributed by atoms with Gasteiger partial charge >= 0.3 is 6.09 Å². The maximum Gasteiger partial charge on any atom is 0.410 e. The lowest BCUT2D eigenvalue weighted by molar-refractivity contribution is 0.0141. The summed E-state index contributed by atoms with van der Waals surface area (Å²) in [6.07, 6.45) is -0.337. The van der Waals surface area contributed by atoms with Crippen molar-refractivity contribution < 1.29 is 23.8 Å². The number of carbonyl (C=O) groups excluding carboxylic acids is 2. The number of H-pyrrole nitrogens is 1. The summed E-state index contributed by atoms with van der Waals surface area (Å²) in [5, 5.41) is 0.865. The molecule has 3 heterocycles. The molecule has 8 nitrogen and oxygen atoms in total. The first kappa shape index (κ1) is 21.2. The van der Waals surface area contributed by atoms with E-state index in [0.717, 1.165) is 27.9 Å². The Bertz CT molecular complexity index is 1220. The molecule has 1 saturated heterocycles. The van der Waals surface area contributed by atoms with Gasteiger partial charge in [-0.3, -0.25) is 4.79 Å². The summed E-state index contributed by atoms with van der Waals surface area (Å²) in [4.78, 5) is 32.5. The van der Waals surface area contributed by atoms with Gasteiger partial charge < -0.3 is 29.0 Å². The standard InChI is InChI=1S/C25H27N3O5/c1-25(2,3)33-24(30)28-11-9-27(10-12-28)23(29)17-5-4-6-19-18(17)14-20(26-19)16-7-8-21-22(13-16)32-15-31-21/h4-8,13-14,26H,9-12,15H2,1-3H3. The minimum Gasteiger partial charge on any atom is -0.454 e. The number of carbonyl (C=O) groups is 2. The average molecular weight is 450 g/mol. The number of benzene rings is 2. The summed E-state index contributed by atoms with van der Waals surface area (Å²) in [5.74, 6) is 1.40. The summed E-state index contributed by atoms with van der Waals surface area (Å²) in [7, 11) is 0. The maximum atomic E-state index is 13.4. The Labute approximate surface area is 192 Å². The molecule has 1 aromatic heterocycles. The van der Waals surface area contributed by atoms with Crippen LogP contribution in [-0.4, -0.2) is 65.4 Å². The van der Waals surface area contributed by atoms with Crippen LogP contribution in [0.25, 0.3) is 22.2 Å². The number of fused-ring (bicyclic) bond motifs is 2. The lowest BCUT2D eigenvalue weighted by Crippen LogP contribution is -2.51. The zero-order valence-electron chi connectivity index (χ0n) is 19.0. The van der Waals surface area contributed by atoms with E-state index < -0.39 is 5.60 Å². The van der Waals surface area contributed by atoms with Crippen LogP contribution in [0, 0.1) is 0 Å². The van der Waals surface area contributed by atoms with E-state index in [9.17, 15) is 9.59 Å². The van der Waals surface area contributed by atoms with E-state index in [1.807, 2.05) is 63.2 Å². The van der Waals surface area contributed by atoms with Gasteiger partial charge in [0.1, 0.15) is 5.60 Å². The van der Waals surface area contributed by atoms with E-state index in [1.165, 1.54) is 0 Å². The highest BCUT2D eigenvalue weighted by atomic mass is 16.7. The zero-order valence-corrected chi connectivity index (χ0v) is 19.0. The largest absolute Gasteiger partial charge is 0.454 e. The fraction of sp³-hybridized carbons (Fsp3) is 0.360. The van der Waals surface area contributed by atoms with Gasteiger partial charge in [0.05, 0.1) is 0 Å². The predicted octanol–water partition coefficient (Wildman–Crippen LogP) is 4.26. The van der Waals surface area contributed by atoms with E-state index >= 15 is 0 Å². The Kier molecular flexibility index (Phi) is 5.15. The van der Waals surface area contributed by atoms with Crippen molar-refractivity contribution in [3.63, 3.8) is 0 Å². The van der Waals surface area contributed by atoms with Gasteiger partial charge in [0.2, 0.25) is 6.79 Å². The van der Waals surface area contributed by atoms with Crippen molar-refractivity contribution in [1.82, 2.24) is 14.8 Å². The number of nitrogens with zero attached hydrogens (tertiary/aromatic N) is 2. The summed E-state index contributed by atoms with van der Waals surface area (Å²) in [6.45, 7) is 7.60. The van der Waals surface area contributed by atoms with Crippen LogP contribution in [0.3, 0.4) is 0 Å². The quantitative estimate of drug-likeness (QED) is 0.632. The van der Waals surface area contributed by atoms with E-state index in [4.69, 9.17) is 14.2 Å². The number of amides is 2. The SMILES string of the molecule is CC(C)(C)OC(=O)N1CCN(C(=O)c2cccc3[nH]c(-c4ccc5c(c4)OCO5)cc23)CC1. The lowest BCUT2D eigenvalue weighted by atomic mass is 10.1. The molecule has 0 spiro atoms. The maximum absolute atomic E-state index is 13.4. The van der Waals surface area contributed by atoms with E-state index in [2.05, 4.69) is 4.98 Å². The van der Waals surface area contributed by atoms with Crippen molar-refractivity contribution in [2.45, 2.75) is 26.4 Å². The molecular formula is C25H27N3O5. The molecule has 1 fully saturated rings. The van der Waals surface area contributed by atoms with E-state index in [-0.39, 0.29) is 18.8 Å². The topological polar surface area (TPSA) is 84.1 Å². The van der Waals surface area contributed by atoms with Crippen LogP contribution in [-0.2, 0) is 4.74 Å². The molecule has 3 aromatic rings. The number of hydrogen-bond donors (Lipinski definition) is 1. The smallest absolute Gasteiger partial charge is 0.410 e. The Morgan fingerprint density at radius 1 is 0.939 bits per heavy atom. The molecule has 2 aliphatic heterocycles. The van der Waals surface area contributed by atoms with Crippen LogP contribution in [0.15, 0.2) is 42.5 Å². The Morgan fingerprint density at radius 2 is 1.67 bits per heavy atom. The number of ether oxygens (including phenoxy) is 3. The van der Waals surface area contributed by atoms with Gasteiger partial charge in [-0.25, -0.2) is 4.79 Å². The Hall–Kier alpha value is -3.68. The fourth-order valence-corrected chi connectivity index (χ4v) is 4.15. The highest BCUT2D eigenvalue weighted by Crippen LogP contribution is 2.36. The van der Waals surface area contributed by atoms with E-state index in [0.29, 0.717) is 37.5 Å². The molecule has 2 amide bonds. The minimum atomic E-state index is -0.538. The third-order valence-electron chi connectivity index (χ3n) is 5.80. The van der Waals surface area contributed by atoms with Crippen molar-refractivity contribution in [1.29, 1.82) is 0 Å². The number of rotatable bonds is 2. The first-order valence-electron chi connectivity index (χ1n) is 11.1. The van der Waals surface area contributed by atoms with E-state index in [1.54, 1.807) is 9.80 Å². The van der Waals surface area contributed by atoms with Gasteiger partial charge in [0.25, 0.3) is 5.91 Å². The lowest BCUT2D eigenvalue weighted by Gasteiger charge is -2.35. The van der Waals surface area contributed by atoms with Crippen LogP contribution in [0.5, 0.6) is 11.5 Å². The molecule has 172 valence electrons. The molecule has 5 rings (SSSR count). The summed E-state index contributed by atoms with van der Waals surface area (Å²) in [6, 6.07) is 13.5. The minimum absolute atomic E-state index is 0.0410. The molecule has 33 heavy (non-hydrogen) atoms. The zero-order chi connectivity index (χ0) is 23.2. The number of aromatic amines is 1. The number of nitrogens with one attached hydrogen (secondary N) is 1. The molecule has 0 bridgehead atoms. The second-order valence-electron chi connectivity index (χ2n) is 9.28. The third-order valence-corrected chi connectivity index (χ3v) is 5.80. The van der Waals surface area contributed by atoms with Gasteiger partial charge in [-0.15, -0.1) is 0 Å². The third kappa shape index (κ3) is 4.20. The van der Waals surface area contributed by atoms with Crippen molar-refractivity contribution in [2.75, 3.05) is 33.0 Å². The van der Waals surface area contributed by atoms with Crippen molar-refractivity contribution in [3.8, 4) is 22.8 Å². The van der Waals surface area contributed by atoms with Gasteiger partial charge in [-0.2, -0.15) is 0 Å². The molecule has 2 aromatic carbocycles. The summed E-state index contributed by atoms with van der Waals surface area (Å²) in [5.41, 5.74) is 2.85. The molecule has 0 aliphatic carbocycles. The molecule has 0 unspecified atom stereocenters. The van der Waals surface area contributed by atoms with Gasteiger partial charge in [-0.1, -0.05) is 6.07 Å². The first-order chi connectivity index (χ1) is 15.8. The summed E-state index contributed by atoms with van der Waals surface area (Å²) < 4.78 is 16.3. The fourth-order valence-electron chi connectivity index (χ4n) is 4.15. The van der Waals surface area contributed by atoms with Crippen LogP contribution < -0.4 is 9.47 Å². The summed E-state index contributed by atoms with van der Waals surface area (Å²) >= 11 is 0. The normalized spacial score (nSPS) is 15.7. The van der Waals surface area contributed by atoms with Gasteiger partial charge in [0, 0.05) is 53.9 Å². The van der Waals surface area contributed by atoms with Gasteiger partial charge in [-0.05, 0) is 57.2 Å². The molecule has 2 aliphatic rings. The highest BCUT2D eigenvalue weighted by molar-refractivity contribution is 6.07. The number of hydrogen-bond acceptors (Lipinski definition) is 5. The second kappa shape index (κ2) is 8.03. The molecule has 8 heteroatoms. The van der Waals surface area contributed by atoms with Crippen molar-refractivity contribution in [2.24, 2.45) is 0 Å². The second-order valence-corrected chi connectivity index (χ2v) is 9.28. The van der Waals surface area contributed by atoms with Crippen molar-refractivity contribution >= 4 is 22.9 Å². The monoisotopic (exact) mass is 449 g/mol. The Morgan fingerprint density at radius 3 is 2.42 bits per heavy atom. The van der Waals surface area contributed by atoms with Crippen LogP contribution in [0.1, 0.15) is 31.1 Å².